The summed E-state index contributed by atoms with van der Waals surface area (Å²) in [6, 6.07) is 38.8. The van der Waals surface area contributed by atoms with Crippen LogP contribution in [-0.2, 0) is 0 Å². The quantitative estimate of drug-likeness (QED) is 0.206. The van der Waals surface area contributed by atoms with Crippen LogP contribution < -0.4 is 0 Å². The average molecular weight is 515 g/mol. The lowest BCUT2D eigenvalue weighted by Gasteiger charge is -2.21. The fourth-order valence-electron chi connectivity index (χ4n) is 7.02. The van der Waals surface area contributed by atoms with Gasteiger partial charge >= 0.3 is 0 Å². The predicted octanol–water partition coefficient (Wildman–Crippen LogP) is 11.4. The van der Waals surface area contributed by atoms with E-state index >= 15 is 0 Å². The number of benzene rings is 6. The van der Waals surface area contributed by atoms with Gasteiger partial charge in [-0.1, -0.05) is 128 Å². The molecule has 0 fully saturated rings. The zero-order valence-electron chi connectivity index (χ0n) is 23.8. The molecule has 6 aromatic carbocycles. The van der Waals surface area contributed by atoms with Gasteiger partial charge in [0.15, 0.2) is 0 Å². The molecule has 0 saturated carbocycles. The van der Waals surface area contributed by atoms with E-state index in [0.29, 0.717) is 5.92 Å². The third kappa shape index (κ3) is 3.98. The van der Waals surface area contributed by atoms with Crippen molar-refractivity contribution >= 4 is 27.6 Å². The number of allylic oxidation sites excluding steroid dienone is 1. The zero-order valence-corrected chi connectivity index (χ0v) is 23.8. The molecule has 0 amide bonds. The van der Waals surface area contributed by atoms with Crippen molar-refractivity contribution in [3.05, 3.63) is 137 Å². The summed E-state index contributed by atoms with van der Waals surface area (Å²) in [5.74, 6) is 0.538. The van der Waals surface area contributed by atoms with Crippen molar-refractivity contribution in [1.82, 2.24) is 0 Å². The van der Waals surface area contributed by atoms with Gasteiger partial charge in [0.25, 0.3) is 0 Å². The van der Waals surface area contributed by atoms with Gasteiger partial charge in [0, 0.05) is 0 Å². The van der Waals surface area contributed by atoms with E-state index in [-0.39, 0.29) is 0 Å². The maximum absolute atomic E-state index is 2.44. The number of aryl methyl sites for hydroxylation is 3. The zero-order chi connectivity index (χ0) is 27.4. The first-order chi connectivity index (χ1) is 19.5. The Labute approximate surface area is 237 Å². The Kier molecular flexibility index (Phi) is 5.93. The van der Waals surface area contributed by atoms with Crippen LogP contribution in [0.3, 0.4) is 0 Å². The molecule has 0 radical (unpaired) electrons. The monoisotopic (exact) mass is 514 g/mol. The van der Waals surface area contributed by atoms with Crippen LogP contribution in [0.1, 0.15) is 47.1 Å². The van der Waals surface area contributed by atoms with Crippen molar-refractivity contribution in [3.8, 4) is 33.4 Å². The van der Waals surface area contributed by atoms with Gasteiger partial charge < -0.3 is 0 Å². The molecular weight excluding hydrogens is 480 g/mol. The van der Waals surface area contributed by atoms with Gasteiger partial charge in [0.1, 0.15) is 0 Å². The number of hydrogen-bond acceptors (Lipinski definition) is 0. The van der Waals surface area contributed by atoms with Crippen molar-refractivity contribution in [2.24, 2.45) is 0 Å². The lowest BCUT2D eigenvalue weighted by atomic mass is 9.82. The molecule has 0 saturated heterocycles. The van der Waals surface area contributed by atoms with Crippen molar-refractivity contribution < 1.29 is 0 Å². The van der Waals surface area contributed by atoms with Crippen LogP contribution in [0.15, 0.2) is 109 Å². The minimum atomic E-state index is 0.538. The Morgan fingerprint density at radius 3 is 1.55 bits per heavy atom. The molecule has 1 aliphatic carbocycles. The van der Waals surface area contributed by atoms with Crippen molar-refractivity contribution in [3.63, 3.8) is 0 Å². The summed E-state index contributed by atoms with van der Waals surface area (Å²) >= 11 is 0. The van der Waals surface area contributed by atoms with Crippen LogP contribution in [-0.4, -0.2) is 0 Å². The Morgan fingerprint density at radius 2 is 1.00 bits per heavy atom. The van der Waals surface area contributed by atoms with Gasteiger partial charge in [0.05, 0.1) is 0 Å². The molecule has 1 atom stereocenters. The van der Waals surface area contributed by atoms with Crippen LogP contribution in [0.5, 0.6) is 0 Å². The number of hydrogen-bond donors (Lipinski definition) is 0. The van der Waals surface area contributed by atoms with E-state index in [1.165, 1.54) is 82.7 Å². The molecule has 0 aliphatic heterocycles. The second-order valence-electron chi connectivity index (χ2n) is 11.6. The molecule has 194 valence electrons. The second-order valence-corrected chi connectivity index (χ2v) is 11.6. The molecule has 7 rings (SSSR count). The Morgan fingerprint density at radius 1 is 0.525 bits per heavy atom. The van der Waals surface area contributed by atoms with E-state index in [2.05, 4.69) is 143 Å². The molecule has 1 unspecified atom stereocenters. The van der Waals surface area contributed by atoms with Gasteiger partial charge in [-0.25, -0.2) is 0 Å². The first-order valence-electron chi connectivity index (χ1n) is 14.4. The van der Waals surface area contributed by atoms with Gasteiger partial charge in [-0.05, 0) is 110 Å². The standard InChI is InChI=1S/C40H34/c1-25-22-27(3)38(28(4)23-25)30-17-19-31(20-18-30)39-33-12-5-7-14-35(33)40(36-15-8-6-13-34(36)39)32-21-16-29-11-9-10-26(2)37(29)24-32/h5-9,11-24,26H,10H2,1-4H3. The van der Waals surface area contributed by atoms with E-state index in [1.807, 2.05) is 0 Å². The molecule has 6 aromatic rings. The van der Waals surface area contributed by atoms with Gasteiger partial charge in [0.2, 0.25) is 0 Å². The molecular formula is C40H34. The molecule has 0 N–H and O–H groups in total. The highest BCUT2D eigenvalue weighted by Crippen LogP contribution is 2.45. The van der Waals surface area contributed by atoms with Gasteiger partial charge in [-0.15, -0.1) is 0 Å². The maximum atomic E-state index is 2.44. The fraction of sp³-hybridized carbons (Fsp3) is 0.150. The third-order valence-electron chi connectivity index (χ3n) is 8.76. The summed E-state index contributed by atoms with van der Waals surface area (Å²) in [4.78, 5) is 0. The summed E-state index contributed by atoms with van der Waals surface area (Å²) in [5, 5.41) is 5.23. The molecule has 0 heteroatoms. The van der Waals surface area contributed by atoms with E-state index in [9.17, 15) is 0 Å². The van der Waals surface area contributed by atoms with Gasteiger partial charge in [-0.2, -0.15) is 0 Å². The van der Waals surface area contributed by atoms with Crippen LogP contribution in [0.4, 0.5) is 0 Å². The summed E-state index contributed by atoms with van der Waals surface area (Å²) in [6.45, 7) is 8.96. The SMILES string of the molecule is Cc1cc(C)c(-c2ccc(-c3c4ccccc4c(-c4ccc5c(c4)C(C)CC=C5)c4ccccc34)cc2)c(C)c1. The minimum absolute atomic E-state index is 0.538. The van der Waals surface area contributed by atoms with Gasteiger partial charge in [-0.3, -0.25) is 0 Å². The molecule has 0 spiro atoms. The highest BCUT2D eigenvalue weighted by molar-refractivity contribution is 6.21. The van der Waals surface area contributed by atoms with Crippen molar-refractivity contribution in [1.29, 1.82) is 0 Å². The Bertz CT molecular complexity index is 1870. The smallest absolute Gasteiger partial charge is 0.00263 e. The number of rotatable bonds is 3. The van der Waals surface area contributed by atoms with Crippen LogP contribution in [0.2, 0.25) is 0 Å². The largest absolute Gasteiger partial charge is 0.0833 e. The van der Waals surface area contributed by atoms with E-state index < -0.39 is 0 Å². The first-order valence-corrected chi connectivity index (χ1v) is 14.4. The molecule has 0 nitrogen and oxygen atoms in total. The summed E-state index contributed by atoms with van der Waals surface area (Å²) in [7, 11) is 0. The minimum Gasteiger partial charge on any atom is -0.0833 e. The first kappa shape index (κ1) is 24.6. The normalized spacial score (nSPS) is 14.6. The van der Waals surface area contributed by atoms with E-state index in [0.717, 1.165) is 6.42 Å². The molecule has 0 bridgehead atoms. The molecule has 0 aromatic heterocycles. The third-order valence-corrected chi connectivity index (χ3v) is 8.76. The van der Waals surface area contributed by atoms with Crippen LogP contribution in [0, 0.1) is 20.8 Å². The Hall–Kier alpha value is -4.42. The number of fused-ring (bicyclic) bond motifs is 3. The molecule has 0 heterocycles. The second kappa shape index (κ2) is 9.65. The van der Waals surface area contributed by atoms with Crippen LogP contribution >= 0.6 is 0 Å². The lowest BCUT2D eigenvalue weighted by Crippen LogP contribution is -2.00. The van der Waals surface area contributed by atoms with E-state index in [1.54, 1.807) is 0 Å². The lowest BCUT2D eigenvalue weighted by molar-refractivity contribution is 0.772. The maximum Gasteiger partial charge on any atom is -0.00263 e. The summed E-state index contributed by atoms with van der Waals surface area (Å²) in [5.41, 5.74) is 14.6. The fourth-order valence-corrected chi connectivity index (χ4v) is 7.02. The Balaban J connectivity index is 1.46. The van der Waals surface area contributed by atoms with Crippen molar-refractivity contribution in [2.45, 2.75) is 40.0 Å². The summed E-state index contributed by atoms with van der Waals surface area (Å²) in [6.07, 6.45) is 5.69. The van der Waals surface area contributed by atoms with E-state index in [4.69, 9.17) is 0 Å². The highest BCUT2D eigenvalue weighted by atomic mass is 14.2. The van der Waals surface area contributed by atoms with Crippen LogP contribution in [0.25, 0.3) is 61.0 Å². The molecule has 40 heavy (non-hydrogen) atoms. The molecule has 1 aliphatic rings. The van der Waals surface area contributed by atoms with Crippen molar-refractivity contribution in [2.75, 3.05) is 0 Å². The average Bonchev–Trinajstić information content (AvgIpc) is 2.96. The predicted molar refractivity (Wildman–Crippen MR) is 174 cm³/mol. The summed E-state index contributed by atoms with van der Waals surface area (Å²) < 4.78 is 0. The highest BCUT2D eigenvalue weighted by Gasteiger charge is 2.19. The topological polar surface area (TPSA) is 0 Å².